The molecule has 1 fully saturated rings. The van der Waals surface area contributed by atoms with Crippen molar-refractivity contribution in [3.8, 4) is 11.1 Å². The molecule has 0 heterocycles. The van der Waals surface area contributed by atoms with Gasteiger partial charge in [-0.15, -0.1) is 0 Å². The molecule has 0 atom stereocenters. The highest BCUT2D eigenvalue weighted by Crippen LogP contribution is 2.38. The number of benzene rings is 2. The molecule has 3 rings (SSSR count). The number of esters is 1. The second kappa shape index (κ2) is 14.0. The number of aryl methyl sites for hydroxylation is 1. The lowest BCUT2D eigenvalue weighted by atomic mass is 9.77. The van der Waals surface area contributed by atoms with Crippen LogP contribution >= 0.6 is 0 Å². The fourth-order valence-corrected chi connectivity index (χ4v) is 5.12. The Hall–Kier alpha value is -2.35. The summed E-state index contributed by atoms with van der Waals surface area (Å²) in [5.74, 6) is 1.22. The van der Waals surface area contributed by atoms with Crippen LogP contribution < -0.4 is 0 Å². The summed E-state index contributed by atoms with van der Waals surface area (Å²) in [6.07, 6.45) is 16.3. The Morgan fingerprint density at radius 2 is 1.55 bits per heavy atom. The monoisotopic (exact) mass is 446 g/mol. The average molecular weight is 447 g/mol. The molecule has 0 aliphatic heterocycles. The molecule has 2 aromatic rings. The Morgan fingerprint density at radius 1 is 0.879 bits per heavy atom. The largest absolute Gasteiger partial charge is 0.463 e. The van der Waals surface area contributed by atoms with Gasteiger partial charge in [0.1, 0.15) is 0 Å². The molecule has 0 unspecified atom stereocenters. The van der Waals surface area contributed by atoms with Gasteiger partial charge in [-0.3, -0.25) is 0 Å². The molecule has 0 spiro atoms. The second-order valence-corrected chi connectivity index (χ2v) is 9.71. The minimum absolute atomic E-state index is 0.309. The van der Waals surface area contributed by atoms with Crippen LogP contribution in [0.4, 0.5) is 0 Å². The topological polar surface area (TPSA) is 26.3 Å². The van der Waals surface area contributed by atoms with Gasteiger partial charge in [-0.1, -0.05) is 87.7 Å². The van der Waals surface area contributed by atoms with Gasteiger partial charge < -0.3 is 4.74 Å². The lowest BCUT2D eigenvalue weighted by Crippen LogP contribution is -2.13. The van der Waals surface area contributed by atoms with E-state index in [4.69, 9.17) is 4.74 Å². The molecule has 2 aromatic carbocycles. The highest BCUT2D eigenvalue weighted by Gasteiger charge is 2.22. The molecule has 2 nitrogen and oxygen atoms in total. The number of rotatable bonds is 13. The minimum atomic E-state index is -0.309. The Labute approximate surface area is 201 Å². The van der Waals surface area contributed by atoms with E-state index in [0.29, 0.717) is 12.5 Å². The highest BCUT2D eigenvalue weighted by atomic mass is 16.5. The Balaban J connectivity index is 1.40. The van der Waals surface area contributed by atoms with Crippen molar-refractivity contribution in [2.24, 2.45) is 5.92 Å². The SMILES string of the molecule is C=CC(=O)OCCCCC1CCC(c2ccc(-c3ccc(CCCCCC)cc3)cc2)CC1. The van der Waals surface area contributed by atoms with Crippen LogP contribution in [0.3, 0.4) is 0 Å². The predicted octanol–water partition coefficient (Wildman–Crippen LogP) is 8.65. The van der Waals surface area contributed by atoms with Crippen LogP contribution in [-0.2, 0) is 16.0 Å². The van der Waals surface area contributed by atoms with Crippen molar-refractivity contribution in [2.75, 3.05) is 6.61 Å². The summed E-state index contributed by atoms with van der Waals surface area (Å²) in [5.41, 5.74) is 5.60. The van der Waals surface area contributed by atoms with Gasteiger partial charge in [-0.05, 0) is 85.5 Å². The number of unbranched alkanes of at least 4 members (excludes halogenated alkanes) is 4. The molecule has 2 heteroatoms. The van der Waals surface area contributed by atoms with Crippen molar-refractivity contribution in [3.05, 3.63) is 72.3 Å². The van der Waals surface area contributed by atoms with Crippen LogP contribution in [0.5, 0.6) is 0 Å². The van der Waals surface area contributed by atoms with Crippen molar-refractivity contribution in [1.29, 1.82) is 0 Å². The molecule has 1 aliphatic carbocycles. The third-order valence-corrected chi connectivity index (χ3v) is 7.25. The van der Waals surface area contributed by atoms with Crippen LogP contribution in [0.2, 0.25) is 0 Å². The van der Waals surface area contributed by atoms with Gasteiger partial charge >= 0.3 is 5.97 Å². The smallest absolute Gasteiger partial charge is 0.330 e. The molecule has 0 bridgehead atoms. The van der Waals surface area contributed by atoms with Gasteiger partial charge in [0, 0.05) is 6.08 Å². The van der Waals surface area contributed by atoms with E-state index in [-0.39, 0.29) is 5.97 Å². The number of hydrogen-bond acceptors (Lipinski definition) is 2. The minimum Gasteiger partial charge on any atom is -0.463 e. The lowest BCUT2D eigenvalue weighted by molar-refractivity contribution is -0.137. The first-order chi connectivity index (χ1) is 16.2. The second-order valence-electron chi connectivity index (χ2n) is 9.71. The maximum atomic E-state index is 11.1. The first-order valence-electron chi connectivity index (χ1n) is 13.2. The van der Waals surface area contributed by atoms with Crippen molar-refractivity contribution < 1.29 is 9.53 Å². The molecule has 1 saturated carbocycles. The lowest BCUT2D eigenvalue weighted by Gasteiger charge is -2.29. The normalized spacial score (nSPS) is 18.1. The van der Waals surface area contributed by atoms with Crippen molar-refractivity contribution in [1.82, 2.24) is 0 Å². The summed E-state index contributed by atoms with van der Waals surface area (Å²) in [6.45, 7) is 6.22. The summed E-state index contributed by atoms with van der Waals surface area (Å²) >= 11 is 0. The van der Waals surface area contributed by atoms with Gasteiger partial charge in [0.25, 0.3) is 0 Å². The maximum Gasteiger partial charge on any atom is 0.330 e. The van der Waals surface area contributed by atoms with Crippen molar-refractivity contribution in [3.63, 3.8) is 0 Å². The predicted molar refractivity (Wildman–Crippen MR) is 139 cm³/mol. The molecule has 1 aliphatic rings. The molecule has 33 heavy (non-hydrogen) atoms. The number of carbonyl (C=O) groups excluding carboxylic acids is 1. The van der Waals surface area contributed by atoms with Crippen molar-refractivity contribution in [2.45, 2.75) is 89.9 Å². The quantitative estimate of drug-likeness (QED) is 0.175. The first kappa shape index (κ1) is 25.3. The van der Waals surface area contributed by atoms with E-state index in [1.54, 1.807) is 0 Å². The van der Waals surface area contributed by atoms with Crippen LogP contribution in [0.1, 0.15) is 94.6 Å². The van der Waals surface area contributed by atoms with E-state index in [1.807, 2.05) is 0 Å². The summed E-state index contributed by atoms with van der Waals surface area (Å²) in [5, 5.41) is 0. The van der Waals surface area contributed by atoms with Crippen LogP contribution in [0, 0.1) is 5.92 Å². The van der Waals surface area contributed by atoms with Gasteiger partial charge in [0.15, 0.2) is 0 Å². The van der Waals surface area contributed by atoms with E-state index in [0.717, 1.165) is 18.8 Å². The van der Waals surface area contributed by atoms with E-state index in [2.05, 4.69) is 62.0 Å². The fourth-order valence-electron chi connectivity index (χ4n) is 5.12. The van der Waals surface area contributed by atoms with Gasteiger partial charge in [-0.25, -0.2) is 4.79 Å². The molecule has 0 radical (unpaired) electrons. The third kappa shape index (κ3) is 8.50. The molecule has 0 amide bonds. The average Bonchev–Trinajstić information content (AvgIpc) is 2.87. The Bertz CT molecular complexity index is 826. The molecular weight excluding hydrogens is 404 g/mol. The van der Waals surface area contributed by atoms with E-state index < -0.39 is 0 Å². The molecule has 0 N–H and O–H groups in total. The summed E-state index contributed by atoms with van der Waals surface area (Å²) in [6, 6.07) is 18.5. The standard InChI is InChI=1S/C31H42O2/c1-3-5-6-7-10-25-12-16-27(17-13-25)29-20-22-30(23-21-29)28-18-14-26(15-19-28)11-8-9-24-33-31(32)4-2/h4,12-13,16-17,20-23,26,28H,2-3,5-11,14-15,18-19,24H2,1H3. The molecular formula is C31H42O2. The van der Waals surface area contributed by atoms with Crippen LogP contribution in [0.15, 0.2) is 61.2 Å². The first-order valence-corrected chi connectivity index (χ1v) is 13.2. The zero-order chi connectivity index (χ0) is 23.3. The third-order valence-electron chi connectivity index (χ3n) is 7.25. The number of hydrogen-bond donors (Lipinski definition) is 0. The number of carbonyl (C=O) groups is 1. The Morgan fingerprint density at radius 3 is 2.18 bits per heavy atom. The molecule has 178 valence electrons. The van der Waals surface area contributed by atoms with E-state index >= 15 is 0 Å². The molecule has 0 saturated heterocycles. The number of ether oxygens (including phenoxy) is 1. The van der Waals surface area contributed by atoms with Gasteiger partial charge in [-0.2, -0.15) is 0 Å². The highest BCUT2D eigenvalue weighted by molar-refractivity contribution is 5.81. The zero-order valence-corrected chi connectivity index (χ0v) is 20.6. The van der Waals surface area contributed by atoms with Gasteiger partial charge in [0.05, 0.1) is 6.61 Å². The van der Waals surface area contributed by atoms with Gasteiger partial charge in [0.2, 0.25) is 0 Å². The fraction of sp³-hybridized carbons (Fsp3) is 0.516. The maximum absolute atomic E-state index is 11.1. The summed E-state index contributed by atoms with van der Waals surface area (Å²) in [7, 11) is 0. The summed E-state index contributed by atoms with van der Waals surface area (Å²) in [4.78, 5) is 11.1. The molecule has 0 aromatic heterocycles. The van der Waals surface area contributed by atoms with Crippen LogP contribution in [-0.4, -0.2) is 12.6 Å². The summed E-state index contributed by atoms with van der Waals surface area (Å²) < 4.78 is 5.07. The van der Waals surface area contributed by atoms with Crippen LogP contribution in [0.25, 0.3) is 11.1 Å². The van der Waals surface area contributed by atoms with Crippen molar-refractivity contribution >= 4 is 5.97 Å². The van der Waals surface area contributed by atoms with E-state index in [1.165, 1.54) is 92.5 Å². The zero-order valence-electron chi connectivity index (χ0n) is 20.6. The van der Waals surface area contributed by atoms with E-state index in [9.17, 15) is 4.79 Å². The Kier molecular flexibility index (Phi) is 10.7.